The molecule has 0 radical (unpaired) electrons. The van der Waals surface area contributed by atoms with Crippen molar-refractivity contribution >= 4 is 28.0 Å². The minimum Gasteiger partial charge on any atom is -0.494 e. The number of aryl methyl sites for hydroxylation is 1. The number of methoxy groups -OCH3 is 1. The highest BCUT2D eigenvalue weighted by molar-refractivity contribution is 6.00. The second-order valence-electron chi connectivity index (χ2n) is 10.7. The zero-order valence-corrected chi connectivity index (χ0v) is 20.4. The van der Waals surface area contributed by atoms with Gasteiger partial charge in [0.1, 0.15) is 16.9 Å². The Hall–Kier alpha value is -3.39. The summed E-state index contributed by atoms with van der Waals surface area (Å²) in [6.07, 6.45) is 4.36. The van der Waals surface area contributed by atoms with Crippen molar-refractivity contribution in [1.29, 1.82) is 0 Å². The summed E-state index contributed by atoms with van der Waals surface area (Å²) in [5.41, 5.74) is 10.5. The maximum Gasteiger partial charge on any atom is 0.254 e. The van der Waals surface area contributed by atoms with Crippen molar-refractivity contribution in [2.75, 3.05) is 20.2 Å². The molecule has 3 fully saturated rings. The number of nitrogens with two attached hydrogens (primary N) is 1. The Morgan fingerprint density at radius 1 is 1.29 bits per heavy atom. The minimum atomic E-state index is -0.217. The van der Waals surface area contributed by atoms with Crippen molar-refractivity contribution in [2.24, 2.45) is 30.5 Å². The molecule has 8 nitrogen and oxygen atoms in total. The summed E-state index contributed by atoms with van der Waals surface area (Å²) in [4.78, 5) is 25.0. The first-order chi connectivity index (χ1) is 16.9. The van der Waals surface area contributed by atoms with Crippen LogP contribution in [0.4, 0.5) is 0 Å². The number of rotatable bonds is 5. The van der Waals surface area contributed by atoms with Crippen LogP contribution in [0, 0.1) is 17.8 Å². The summed E-state index contributed by atoms with van der Waals surface area (Å²) in [5, 5.41) is 1.11. The van der Waals surface area contributed by atoms with Gasteiger partial charge in [-0.15, -0.1) is 0 Å². The average Bonchev–Trinajstić information content (AvgIpc) is 3.59. The third-order valence-corrected chi connectivity index (χ3v) is 8.63. The topological polar surface area (TPSA) is 91.2 Å². The van der Waals surface area contributed by atoms with Crippen LogP contribution in [0.3, 0.4) is 0 Å². The highest BCUT2D eigenvalue weighted by atomic mass is 16.5. The van der Waals surface area contributed by atoms with Crippen LogP contribution in [0.25, 0.3) is 33.6 Å². The maximum atomic E-state index is 13.4. The standard InChI is InChI=1S/C27H30N6O2/c1-15-19-13-32(14-27(15,19)28)26(34)18-9-20-23(22(11-18)35-3)31(2)25(30-20)21-10-17-5-4-8-29-24(17)33(21)12-16-6-7-16/h4-5,8-11,15-16,19H,6-7,12-14,28H2,1-3H3/t15-,19+,27+/m1/s1. The molecule has 8 heteroatoms. The average molecular weight is 471 g/mol. The number of likely N-dealkylation sites (tertiary alicyclic amines) is 1. The Morgan fingerprint density at radius 3 is 2.83 bits per heavy atom. The van der Waals surface area contributed by atoms with E-state index in [9.17, 15) is 4.79 Å². The number of amides is 1. The quantitative estimate of drug-likeness (QED) is 0.483. The van der Waals surface area contributed by atoms with Crippen molar-refractivity contribution in [1.82, 2.24) is 24.0 Å². The van der Waals surface area contributed by atoms with E-state index in [1.54, 1.807) is 7.11 Å². The molecule has 35 heavy (non-hydrogen) atoms. The summed E-state index contributed by atoms with van der Waals surface area (Å²) >= 11 is 0. The van der Waals surface area contributed by atoms with Crippen molar-refractivity contribution in [3.8, 4) is 17.3 Å². The van der Waals surface area contributed by atoms with Crippen LogP contribution in [0.15, 0.2) is 36.5 Å². The minimum absolute atomic E-state index is 0.00586. The molecule has 2 N–H and O–H groups in total. The van der Waals surface area contributed by atoms with Crippen LogP contribution < -0.4 is 10.5 Å². The van der Waals surface area contributed by atoms with E-state index in [0.29, 0.717) is 35.6 Å². The molecule has 2 saturated carbocycles. The number of hydrogen-bond donors (Lipinski definition) is 1. The van der Waals surface area contributed by atoms with Gasteiger partial charge in [-0.2, -0.15) is 0 Å². The number of carbonyl (C=O) groups is 1. The number of ether oxygens (including phenoxy) is 1. The van der Waals surface area contributed by atoms with Crippen LogP contribution in [0.2, 0.25) is 0 Å². The summed E-state index contributed by atoms with van der Waals surface area (Å²) in [6.45, 7) is 4.45. The third kappa shape index (κ3) is 2.99. The summed E-state index contributed by atoms with van der Waals surface area (Å²) in [6, 6.07) is 9.97. The molecule has 1 aliphatic heterocycles. The number of imidazole rings is 1. The molecule has 3 aromatic heterocycles. The van der Waals surface area contributed by atoms with Gasteiger partial charge in [-0.1, -0.05) is 6.92 Å². The fourth-order valence-corrected chi connectivity index (χ4v) is 6.15. The highest BCUT2D eigenvalue weighted by Crippen LogP contribution is 2.53. The van der Waals surface area contributed by atoms with Crippen LogP contribution in [0.5, 0.6) is 5.75 Å². The molecule has 1 amide bonds. The number of fused-ring (bicyclic) bond motifs is 3. The molecule has 3 aliphatic rings. The third-order valence-electron chi connectivity index (χ3n) is 8.63. The van der Waals surface area contributed by atoms with E-state index in [1.165, 1.54) is 12.8 Å². The molecule has 4 aromatic rings. The second-order valence-corrected chi connectivity index (χ2v) is 10.7. The molecular formula is C27H30N6O2. The first kappa shape index (κ1) is 20.9. The van der Waals surface area contributed by atoms with E-state index >= 15 is 0 Å². The van der Waals surface area contributed by atoms with Crippen molar-refractivity contribution in [3.63, 3.8) is 0 Å². The summed E-state index contributed by atoms with van der Waals surface area (Å²) < 4.78 is 10.1. The van der Waals surface area contributed by atoms with Gasteiger partial charge in [0, 0.05) is 55.3 Å². The Morgan fingerprint density at radius 2 is 2.11 bits per heavy atom. The number of aromatic nitrogens is 4. The smallest absolute Gasteiger partial charge is 0.254 e. The Labute approximate surface area is 203 Å². The van der Waals surface area contributed by atoms with Crippen molar-refractivity contribution in [3.05, 3.63) is 42.1 Å². The summed E-state index contributed by atoms with van der Waals surface area (Å²) in [7, 11) is 3.65. The first-order valence-corrected chi connectivity index (χ1v) is 12.5. The van der Waals surface area contributed by atoms with Gasteiger partial charge in [0.05, 0.1) is 18.3 Å². The zero-order valence-electron chi connectivity index (χ0n) is 20.4. The van der Waals surface area contributed by atoms with Gasteiger partial charge >= 0.3 is 0 Å². The number of carbonyl (C=O) groups excluding carboxylic acids is 1. The molecule has 4 heterocycles. The lowest BCUT2D eigenvalue weighted by Crippen LogP contribution is -2.39. The second kappa shape index (κ2) is 7.07. The van der Waals surface area contributed by atoms with Crippen LogP contribution in [-0.2, 0) is 13.6 Å². The molecule has 1 aromatic carbocycles. The van der Waals surface area contributed by atoms with Crippen LogP contribution in [-0.4, -0.2) is 55.6 Å². The lowest BCUT2D eigenvalue weighted by molar-refractivity contribution is 0.0765. The zero-order chi connectivity index (χ0) is 24.1. The van der Waals surface area contributed by atoms with E-state index in [2.05, 4.69) is 33.2 Å². The van der Waals surface area contributed by atoms with E-state index < -0.39 is 0 Å². The van der Waals surface area contributed by atoms with Gasteiger partial charge in [-0.3, -0.25) is 4.79 Å². The highest BCUT2D eigenvalue weighted by Gasteiger charge is 2.65. The molecule has 1 saturated heterocycles. The number of pyridine rings is 1. The van der Waals surface area contributed by atoms with Crippen molar-refractivity contribution < 1.29 is 9.53 Å². The number of piperidine rings is 1. The number of hydrogen-bond acceptors (Lipinski definition) is 5. The largest absolute Gasteiger partial charge is 0.494 e. The predicted octanol–water partition coefficient (Wildman–Crippen LogP) is 3.43. The molecule has 3 atom stereocenters. The SMILES string of the molecule is COc1cc(C(=O)N2C[C@H]3[C@@H](C)[C@@]3(N)C2)cc2nc(-c3cc4cccnc4n3CC3CC3)n(C)c12. The van der Waals surface area contributed by atoms with Gasteiger partial charge in [0.25, 0.3) is 5.91 Å². The monoisotopic (exact) mass is 470 g/mol. The number of nitrogens with zero attached hydrogens (tertiary/aromatic N) is 5. The molecule has 0 spiro atoms. The van der Waals surface area contributed by atoms with Gasteiger partial charge in [0.2, 0.25) is 0 Å². The molecule has 0 unspecified atom stereocenters. The van der Waals surface area contributed by atoms with Gasteiger partial charge in [-0.05, 0) is 55.0 Å². The van der Waals surface area contributed by atoms with E-state index in [1.807, 2.05) is 36.3 Å². The molecular weight excluding hydrogens is 440 g/mol. The lowest BCUT2D eigenvalue weighted by Gasteiger charge is -2.21. The lowest BCUT2D eigenvalue weighted by atomic mass is 10.1. The molecule has 0 bridgehead atoms. The summed E-state index contributed by atoms with van der Waals surface area (Å²) in [5.74, 6) is 3.07. The Kier molecular flexibility index (Phi) is 4.23. The first-order valence-electron chi connectivity index (χ1n) is 12.5. The molecule has 180 valence electrons. The van der Waals surface area contributed by atoms with Crippen LogP contribution in [0.1, 0.15) is 30.1 Å². The van der Waals surface area contributed by atoms with Gasteiger partial charge in [-0.25, -0.2) is 9.97 Å². The van der Waals surface area contributed by atoms with Gasteiger partial charge in [0.15, 0.2) is 5.82 Å². The van der Waals surface area contributed by atoms with E-state index in [-0.39, 0.29) is 11.4 Å². The predicted molar refractivity (Wildman–Crippen MR) is 134 cm³/mol. The van der Waals surface area contributed by atoms with Crippen LogP contribution >= 0.6 is 0 Å². The fourth-order valence-electron chi connectivity index (χ4n) is 6.15. The Bertz CT molecular complexity index is 1520. The van der Waals surface area contributed by atoms with Crippen molar-refractivity contribution in [2.45, 2.75) is 31.8 Å². The Balaban J connectivity index is 1.33. The molecule has 7 rings (SSSR count). The van der Waals surface area contributed by atoms with Gasteiger partial charge < -0.3 is 24.5 Å². The normalized spacial score (nSPS) is 25.4. The van der Waals surface area contributed by atoms with E-state index in [4.69, 9.17) is 15.5 Å². The molecule has 2 aliphatic carbocycles. The fraction of sp³-hybridized carbons (Fsp3) is 0.444. The maximum absolute atomic E-state index is 13.4. The van der Waals surface area contributed by atoms with E-state index in [0.717, 1.165) is 46.7 Å². The number of benzene rings is 1.